The minimum atomic E-state index is -1.22. The van der Waals surface area contributed by atoms with Crippen LogP contribution in [0.3, 0.4) is 0 Å². The molecule has 5 N–H and O–H groups in total. The van der Waals surface area contributed by atoms with Crippen molar-refractivity contribution < 1.29 is 30.3 Å². The van der Waals surface area contributed by atoms with Crippen LogP contribution in [0.5, 0.6) is 5.75 Å². The van der Waals surface area contributed by atoms with Gasteiger partial charge in [-0.15, -0.1) is 0 Å². The van der Waals surface area contributed by atoms with Gasteiger partial charge in [-0.25, -0.2) is 0 Å². The number of aromatic hydroxyl groups is 1. The summed E-state index contributed by atoms with van der Waals surface area (Å²) in [5, 5.41) is 48.2. The SMILES string of the molecule is Oc1ccc(C(O)C[C@H]2C(O)OC[C@@H](O)[C@@H]2O)cc1. The maximum absolute atomic E-state index is 10.0. The van der Waals surface area contributed by atoms with Gasteiger partial charge in [0.05, 0.1) is 18.8 Å². The van der Waals surface area contributed by atoms with Crippen LogP contribution < -0.4 is 0 Å². The number of rotatable bonds is 3. The number of benzene rings is 1. The van der Waals surface area contributed by atoms with Gasteiger partial charge in [-0.05, 0) is 24.1 Å². The molecule has 6 nitrogen and oxygen atoms in total. The normalized spacial score (nSPS) is 33.1. The number of hydrogen-bond acceptors (Lipinski definition) is 6. The zero-order chi connectivity index (χ0) is 14.0. The van der Waals surface area contributed by atoms with E-state index in [-0.39, 0.29) is 18.8 Å². The Balaban J connectivity index is 2.04. The van der Waals surface area contributed by atoms with Gasteiger partial charge >= 0.3 is 0 Å². The molecule has 1 fully saturated rings. The van der Waals surface area contributed by atoms with E-state index < -0.39 is 30.5 Å². The maximum atomic E-state index is 10.0. The molecule has 1 aliphatic rings. The summed E-state index contributed by atoms with van der Waals surface area (Å²) in [7, 11) is 0. The van der Waals surface area contributed by atoms with Gasteiger partial charge < -0.3 is 30.3 Å². The van der Waals surface area contributed by atoms with Crippen LogP contribution in [0.4, 0.5) is 0 Å². The average Bonchev–Trinajstić information content (AvgIpc) is 2.40. The van der Waals surface area contributed by atoms with Crippen molar-refractivity contribution in [3.05, 3.63) is 29.8 Å². The summed E-state index contributed by atoms with van der Waals surface area (Å²) >= 11 is 0. The van der Waals surface area contributed by atoms with Crippen LogP contribution in [0.1, 0.15) is 18.1 Å². The third-order valence-electron chi connectivity index (χ3n) is 3.41. The second-order valence-corrected chi connectivity index (χ2v) is 4.79. The number of aliphatic hydroxyl groups is 4. The van der Waals surface area contributed by atoms with Crippen molar-refractivity contribution in [1.82, 2.24) is 0 Å². The molecule has 0 saturated carbocycles. The van der Waals surface area contributed by atoms with Crippen LogP contribution in [-0.4, -0.2) is 50.6 Å². The molecule has 0 aliphatic carbocycles. The predicted octanol–water partition coefficient (Wildman–Crippen LogP) is -0.498. The fourth-order valence-electron chi connectivity index (χ4n) is 2.22. The topological polar surface area (TPSA) is 110 Å². The monoisotopic (exact) mass is 270 g/mol. The quantitative estimate of drug-likeness (QED) is 0.506. The number of ether oxygens (including phenoxy) is 1. The van der Waals surface area contributed by atoms with Crippen LogP contribution >= 0.6 is 0 Å². The van der Waals surface area contributed by atoms with Gasteiger partial charge in [0.15, 0.2) is 6.29 Å². The lowest BCUT2D eigenvalue weighted by Crippen LogP contribution is -2.49. The van der Waals surface area contributed by atoms with Crippen LogP contribution in [-0.2, 0) is 4.74 Å². The zero-order valence-electron chi connectivity index (χ0n) is 10.3. The van der Waals surface area contributed by atoms with Crippen molar-refractivity contribution in [2.45, 2.75) is 31.0 Å². The first-order chi connectivity index (χ1) is 8.99. The van der Waals surface area contributed by atoms with E-state index in [4.69, 9.17) is 9.84 Å². The first-order valence-electron chi connectivity index (χ1n) is 6.12. The third-order valence-corrected chi connectivity index (χ3v) is 3.41. The fraction of sp³-hybridized carbons (Fsp3) is 0.538. The third kappa shape index (κ3) is 3.23. The van der Waals surface area contributed by atoms with E-state index in [9.17, 15) is 20.4 Å². The Bertz CT molecular complexity index is 406. The molecular formula is C13H18O6. The van der Waals surface area contributed by atoms with E-state index in [0.29, 0.717) is 5.56 Å². The molecule has 5 atom stereocenters. The van der Waals surface area contributed by atoms with Gasteiger partial charge in [0.25, 0.3) is 0 Å². The van der Waals surface area contributed by atoms with Gasteiger partial charge in [-0.2, -0.15) is 0 Å². The molecule has 0 amide bonds. The van der Waals surface area contributed by atoms with Gasteiger partial charge in [-0.3, -0.25) is 0 Å². The Morgan fingerprint density at radius 1 is 1.16 bits per heavy atom. The predicted molar refractivity (Wildman–Crippen MR) is 65.1 cm³/mol. The summed E-state index contributed by atoms with van der Waals surface area (Å²) in [6.07, 6.45) is -4.31. The summed E-state index contributed by atoms with van der Waals surface area (Å²) in [6, 6.07) is 5.99. The molecule has 0 bridgehead atoms. The number of phenols is 1. The van der Waals surface area contributed by atoms with Gasteiger partial charge in [0.1, 0.15) is 11.9 Å². The fourth-order valence-corrected chi connectivity index (χ4v) is 2.22. The summed E-state index contributed by atoms with van der Waals surface area (Å²) < 4.78 is 4.92. The molecule has 0 aromatic heterocycles. The van der Waals surface area contributed by atoms with Gasteiger partial charge in [0.2, 0.25) is 0 Å². The van der Waals surface area contributed by atoms with E-state index in [1.54, 1.807) is 12.1 Å². The number of hydrogen-bond donors (Lipinski definition) is 5. The molecule has 0 radical (unpaired) electrons. The smallest absolute Gasteiger partial charge is 0.160 e. The minimum Gasteiger partial charge on any atom is -0.508 e. The van der Waals surface area contributed by atoms with Gasteiger partial charge in [-0.1, -0.05) is 12.1 Å². The summed E-state index contributed by atoms with van der Waals surface area (Å²) in [4.78, 5) is 0. The molecule has 0 spiro atoms. The van der Waals surface area contributed by atoms with E-state index in [2.05, 4.69) is 0 Å². The summed E-state index contributed by atoms with van der Waals surface area (Å²) in [5.41, 5.74) is 0.553. The largest absolute Gasteiger partial charge is 0.508 e. The molecule has 6 heteroatoms. The molecular weight excluding hydrogens is 252 g/mol. The van der Waals surface area contributed by atoms with Crippen molar-refractivity contribution in [1.29, 1.82) is 0 Å². The second-order valence-electron chi connectivity index (χ2n) is 4.79. The van der Waals surface area contributed by atoms with Crippen molar-refractivity contribution in [2.75, 3.05) is 6.61 Å². The maximum Gasteiger partial charge on any atom is 0.160 e. The highest BCUT2D eigenvalue weighted by atomic mass is 16.6. The molecule has 2 rings (SSSR count). The minimum absolute atomic E-state index is 0.0458. The van der Waals surface area contributed by atoms with Crippen LogP contribution in [0, 0.1) is 5.92 Å². The lowest BCUT2D eigenvalue weighted by molar-refractivity contribution is -0.235. The number of aliphatic hydroxyl groups excluding tert-OH is 4. The zero-order valence-corrected chi connectivity index (χ0v) is 10.3. The lowest BCUT2D eigenvalue weighted by Gasteiger charge is -2.36. The Morgan fingerprint density at radius 3 is 2.42 bits per heavy atom. The number of phenolic OH excluding ortho intramolecular Hbond substituents is 1. The van der Waals surface area contributed by atoms with E-state index in [1.165, 1.54) is 12.1 Å². The molecule has 1 aliphatic heterocycles. The molecule has 1 heterocycles. The van der Waals surface area contributed by atoms with Crippen LogP contribution in [0.25, 0.3) is 0 Å². The van der Waals surface area contributed by atoms with Crippen molar-refractivity contribution >= 4 is 0 Å². The molecule has 1 aromatic carbocycles. The highest BCUT2D eigenvalue weighted by Crippen LogP contribution is 2.30. The Morgan fingerprint density at radius 2 is 1.79 bits per heavy atom. The second kappa shape index (κ2) is 5.85. The van der Waals surface area contributed by atoms with Gasteiger partial charge in [0, 0.05) is 5.92 Å². The Hall–Kier alpha value is -1.18. The lowest BCUT2D eigenvalue weighted by atomic mass is 9.88. The highest BCUT2D eigenvalue weighted by Gasteiger charge is 2.38. The first-order valence-corrected chi connectivity index (χ1v) is 6.12. The van der Waals surface area contributed by atoms with Crippen LogP contribution in [0.15, 0.2) is 24.3 Å². The molecule has 1 saturated heterocycles. The van der Waals surface area contributed by atoms with E-state index in [1.807, 2.05) is 0 Å². The van der Waals surface area contributed by atoms with Crippen LogP contribution in [0.2, 0.25) is 0 Å². The Kier molecular flexibility index (Phi) is 4.38. The summed E-state index contributed by atoms with van der Waals surface area (Å²) in [6.45, 7) is -0.131. The highest BCUT2D eigenvalue weighted by molar-refractivity contribution is 5.27. The molecule has 106 valence electrons. The van der Waals surface area contributed by atoms with E-state index in [0.717, 1.165) is 0 Å². The molecule has 1 aromatic rings. The summed E-state index contributed by atoms with van der Waals surface area (Å²) in [5.74, 6) is -0.681. The standard InChI is InChI=1S/C13H18O6/c14-8-3-1-7(2-4-8)10(15)5-9-12(17)11(16)6-19-13(9)18/h1-4,9-18H,5-6H2/t9-,10?,11-,12-,13?/m1/s1. The molecule has 19 heavy (non-hydrogen) atoms. The Labute approximate surface area is 110 Å². The molecule has 2 unspecified atom stereocenters. The van der Waals surface area contributed by atoms with Crippen molar-refractivity contribution in [2.24, 2.45) is 5.92 Å². The van der Waals surface area contributed by atoms with Crippen molar-refractivity contribution in [3.8, 4) is 5.75 Å². The van der Waals surface area contributed by atoms with Crippen molar-refractivity contribution in [3.63, 3.8) is 0 Å². The van der Waals surface area contributed by atoms with E-state index >= 15 is 0 Å². The first kappa shape index (κ1) is 14.2. The average molecular weight is 270 g/mol.